The lowest BCUT2D eigenvalue weighted by Crippen LogP contribution is -2.14. The molecule has 2 heterocycles. The van der Waals surface area contributed by atoms with Crippen LogP contribution in [0.15, 0.2) is 17.6 Å². The molecule has 2 aromatic heterocycles. The third-order valence-corrected chi connectivity index (χ3v) is 4.16. The number of hydrogen-bond donors (Lipinski definition) is 1. The van der Waals surface area contributed by atoms with Gasteiger partial charge >= 0.3 is 0 Å². The van der Waals surface area contributed by atoms with Gasteiger partial charge in [-0.2, -0.15) is 0 Å². The van der Waals surface area contributed by atoms with Gasteiger partial charge in [0.25, 0.3) is 0 Å². The average molecular weight is 305 g/mol. The Kier molecular flexibility index (Phi) is 6.14. The van der Waals surface area contributed by atoms with E-state index in [4.69, 9.17) is 4.74 Å². The molecule has 0 bridgehead atoms. The zero-order valence-electron chi connectivity index (χ0n) is 13.0. The first-order valence-electron chi connectivity index (χ1n) is 7.39. The van der Waals surface area contributed by atoms with Crippen LogP contribution in [0.4, 0.5) is 0 Å². The van der Waals surface area contributed by atoms with Crippen molar-refractivity contribution in [2.24, 2.45) is 0 Å². The minimum atomic E-state index is 0.640. The summed E-state index contributed by atoms with van der Waals surface area (Å²) in [6.07, 6.45) is 2.02. The predicted molar refractivity (Wildman–Crippen MR) is 87.0 cm³/mol. The highest BCUT2D eigenvalue weighted by Crippen LogP contribution is 2.15. The summed E-state index contributed by atoms with van der Waals surface area (Å²) < 4.78 is 5.80. The summed E-state index contributed by atoms with van der Waals surface area (Å²) in [7, 11) is 0. The minimum Gasteiger partial charge on any atom is -0.477 e. The van der Waals surface area contributed by atoms with E-state index in [0.717, 1.165) is 37.3 Å². The second-order valence-corrected chi connectivity index (χ2v) is 6.03. The molecule has 2 rings (SSSR count). The molecule has 21 heavy (non-hydrogen) atoms. The van der Waals surface area contributed by atoms with Gasteiger partial charge in [-0.25, -0.2) is 9.97 Å². The van der Waals surface area contributed by atoms with Crippen molar-refractivity contribution in [3.63, 3.8) is 0 Å². The Bertz CT molecular complexity index is 568. The van der Waals surface area contributed by atoms with Crippen molar-refractivity contribution >= 4 is 11.3 Å². The van der Waals surface area contributed by atoms with E-state index in [9.17, 15) is 0 Å². The number of rotatable bonds is 8. The van der Waals surface area contributed by atoms with Gasteiger partial charge in [0.05, 0.1) is 17.8 Å². The highest BCUT2D eigenvalue weighted by Gasteiger charge is 2.04. The molecule has 0 unspecified atom stereocenters. The second kappa shape index (κ2) is 8.10. The summed E-state index contributed by atoms with van der Waals surface area (Å²) >= 11 is 1.68. The molecule has 5 heteroatoms. The summed E-state index contributed by atoms with van der Waals surface area (Å²) in [6, 6.07) is 4.12. The topological polar surface area (TPSA) is 47.0 Å². The van der Waals surface area contributed by atoms with Crippen molar-refractivity contribution in [3.8, 4) is 5.88 Å². The average Bonchev–Trinajstić information content (AvgIpc) is 2.84. The summed E-state index contributed by atoms with van der Waals surface area (Å²) in [5.74, 6) is 0.713. The molecule has 4 nitrogen and oxygen atoms in total. The first kappa shape index (κ1) is 15.9. The Morgan fingerprint density at radius 2 is 2.14 bits per heavy atom. The van der Waals surface area contributed by atoms with Crippen molar-refractivity contribution in [2.45, 2.75) is 40.2 Å². The molecule has 0 saturated carbocycles. The number of thiazole rings is 1. The van der Waals surface area contributed by atoms with Gasteiger partial charge in [0.2, 0.25) is 5.88 Å². The smallest absolute Gasteiger partial charge is 0.213 e. The fourth-order valence-corrected chi connectivity index (χ4v) is 2.87. The predicted octanol–water partition coefficient (Wildman–Crippen LogP) is 3.28. The van der Waals surface area contributed by atoms with Gasteiger partial charge in [0.15, 0.2) is 0 Å². The molecule has 0 aromatic carbocycles. The molecule has 0 spiro atoms. The van der Waals surface area contributed by atoms with Crippen LogP contribution in [-0.2, 0) is 13.0 Å². The van der Waals surface area contributed by atoms with Crippen LogP contribution >= 0.6 is 11.3 Å². The third kappa shape index (κ3) is 5.10. The first-order chi connectivity index (χ1) is 10.2. The Morgan fingerprint density at radius 1 is 1.29 bits per heavy atom. The van der Waals surface area contributed by atoms with Gasteiger partial charge in [0.1, 0.15) is 0 Å². The van der Waals surface area contributed by atoms with Gasteiger partial charge in [-0.05, 0) is 38.4 Å². The van der Waals surface area contributed by atoms with Crippen molar-refractivity contribution in [3.05, 3.63) is 39.5 Å². The Morgan fingerprint density at radius 3 is 2.86 bits per heavy atom. The van der Waals surface area contributed by atoms with E-state index in [1.54, 1.807) is 11.3 Å². The van der Waals surface area contributed by atoms with Crippen LogP contribution in [0.2, 0.25) is 0 Å². The Balaban J connectivity index is 1.88. The second-order valence-electron chi connectivity index (χ2n) is 5.09. The van der Waals surface area contributed by atoms with E-state index >= 15 is 0 Å². The fraction of sp³-hybridized carbons (Fsp3) is 0.500. The van der Waals surface area contributed by atoms with Gasteiger partial charge in [-0.3, -0.25) is 0 Å². The summed E-state index contributed by atoms with van der Waals surface area (Å²) in [4.78, 5) is 9.98. The number of nitrogens with one attached hydrogen (secondary N) is 1. The molecule has 0 atom stereocenters. The van der Waals surface area contributed by atoms with E-state index in [-0.39, 0.29) is 0 Å². The summed E-state index contributed by atoms with van der Waals surface area (Å²) in [6.45, 7) is 8.74. The number of aryl methyl sites for hydroxylation is 2. The quantitative estimate of drug-likeness (QED) is 0.760. The SMILES string of the molecule is CCCNCc1cc(C)nc(OCCc2scnc2C)c1. The van der Waals surface area contributed by atoms with Crippen molar-refractivity contribution in [1.82, 2.24) is 15.3 Å². The summed E-state index contributed by atoms with van der Waals surface area (Å²) in [5, 5.41) is 3.40. The van der Waals surface area contributed by atoms with E-state index < -0.39 is 0 Å². The normalized spacial score (nSPS) is 10.8. The molecule has 0 amide bonds. The van der Waals surface area contributed by atoms with E-state index in [2.05, 4.69) is 28.3 Å². The number of pyridine rings is 1. The third-order valence-electron chi connectivity index (χ3n) is 3.17. The zero-order chi connectivity index (χ0) is 15.1. The number of hydrogen-bond acceptors (Lipinski definition) is 5. The summed E-state index contributed by atoms with van der Waals surface area (Å²) in [5.41, 5.74) is 5.20. The van der Waals surface area contributed by atoms with Crippen molar-refractivity contribution < 1.29 is 4.74 Å². The molecule has 0 radical (unpaired) electrons. The van der Waals surface area contributed by atoms with Gasteiger partial charge in [-0.15, -0.1) is 11.3 Å². The lowest BCUT2D eigenvalue weighted by Gasteiger charge is -2.09. The molecule has 2 aromatic rings. The standard InChI is InChI=1S/C16H23N3OS/c1-4-6-17-10-14-8-12(2)19-16(9-14)20-7-5-15-13(3)18-11-21-15/h8-9,11,17H,4-7,10H2,1-3H3. The van der Waals surface area contributed by atoms with Crippen LogP contribution in [0.5, 0.6) is 5.88 Å². The molecule has 1 N–H and O–H groups in total. The van der Waals surface area contributed by atoms with Gasteiger partial charge < -0.3 is 10.1 Å². The maximum atomic E-state index is 5.80. The van der Waals surface area contributed by atoms with Gasteiger partial charge in [0, 0.05) is 29.6 Å². The van der Waals surface area contributed by atoms with E-state index in [1.165, 1.54) is 10.4 Å². The maximum Gasteiger partial charge on any atom is 0.213 e. The number of ether oxygens (including phenoxy) is 1. The number of aromatic nitrogens is 2. The first-order valence-corrected chi connectivity index (χ1v) is 8.27. The zero-order valence-corrected chi connectivity index (χ0v) is 13.8. The molecule has 0 aliphatic carbocycles. The highest BCUT2D eigenvalue weighted by molar-refractivity contribution is 7.09. The maximum absolute atomic E-state index is 5.80. The number of nitrogens with zero attached hydrogens (tertiary/aromatic N) is 2. The Hall–Kier alpha value is -1.46. The monoisotopic (exact) mass is 305 g/mol. The van der Waals surface area contributed by atoms with Crippen LogP contribution in [0.3, 0.4) is 0 Å². The molecular weight excluding hydrogens is 282 g/mol. The lowest BCUT2D eigenvalue weighted by atomic mass is 10.2. The Labute approximate surface area is 130 Å². The van der Waals surface area contributed by atoms with Crippen LogP contribution in [0.25, 0.3) is 0 Å². The van der Waals surface area contributed by atoms with Crippen LogP contribution in [0.1, 0.15) is 35.2 Å². The molecule has 0 saturated heterocycles. The van der Waals surface area contributed by atoms with Crippen LogP contribution < -0.4 is 10.1 Å². The highest BCUT2D eigenvalue weighted by atomic mass is 32.1. The molecule has 0 fully saturated rings. The van der Waals surface area contributed by atoms with E-state index in [1.807, 2.05) is 25.4 Å². The molecule has 114 valence electrons. The van der Waals surface area contributed by atoms with Crippen molar-refractivity contribution in [2.75, 3.05) is 13.2 Å². The van der Waals surface area contributed by atoms with E-state index in [0.29, 0.717) is 12.5 Å². The molecular formula is C16H23N3OS. The van der Waals surface area contributed by atoms with Crippen LogP contribution in [-0.4, -0.2) is 23.1 Å². The fourth-order valence-electron chi connectivity index (χ4n) is 2.11. The minimum absolute atomic E-state index is 0.640. The molecule has 0 aliphatic heterocycles. The lowest BCUT2D eigenvalue weighted by molar-refractivity contribution is 0.309. The van der Waals surface area contributed by atoms with Gasteiger partial charge in [-0.1, -0.05) is 6.92 Å². The molecule has 0 aliphatic rings. The van der Waals surface area contributed by atoms with Crippen molar-refractivity contribution in [1.29, 1.82) is 0 Å². The largest absolute Gasteiger partial charge is 0.477 e. The van der Waals surface area contributed by atoms with Crippen LogP contribution in [0, 0.1) is 13.8 Å².